The van der Waals surface area contributed by atoms with Crippen molar-refractivity contribution in [2.24, 2.45) is 7.05 Å². The Morgan fingerprint density at radius 3 is 2.70 bits per heavy atom. The minimum atomic E-state index is -4.35. The van der Waals surface area contributed by atoms with E-state index in [1.165, 1.54) is 6.07 Å². The molecule has 2 aromatic rings. The fourth-order valence-electron chi connectivity index (χ4n) is 4.22. The number of ether oxygens (including phenoxy) is 1. The highest BCUT2D eigenvalue weighted by molar-refractivity contribution is 7.12. The Balaban J connectivity index is 1.79. The first-order valence-corrected chi connectivity index (χ1v) is 9.80. The molecule has 3 atom stereocenters. The largest absolute Gasteiger partial charge is 0.425 e. The number of aromatic nitrogens is 3. The molecule has 4 rings (SSSR count). The third-order valence-corrected chi connectivity index (χ3v) is 6.86. The molecular weight excluding hydrogens is 377 g/mol. The van der Waals surface area contributed by atoms with Crippen molar-refractivity contribution < 1.29 is 17.9 Å². The molecule has 0 radical (unpaired) electrons. The van der Waals surface area contributed by atoms with Gasteiger partial charge in [0.2, 0.25) is 0 Å². The zero-order valence-electron chi connectivity index (χ0n) is 15.7. The molecule has 0 unspecified atom stereocenters. The maximum Gasteiger partial charge on any atom is 0.425 e. The molecule has 27 heavy (non-hydrogen) atoms. The number of rotatable bonds is 1. The summed E-state index contributed by atoms with van der Waals surface area (Å²) in [6.07, 6.45) is -1.34. The van der Waals surface area contributed by atoms with Crippen molar-refractivity contribution in [1.29, 1.82) is 0 Å². The molecule has 2 aliphatic heterocycles. The molecule has 2 aliphatic rings. The van der Waals surface area contributed by atoms with Gasteiger partial charge in [0, 0.05) is 36.0 Å². The standard InChI is InChI=1S/C18H23F3N4OS/c1-10-6-17(7-12(22-10)13-8-25(4)24-23-13)15-11(16(2,3)9-26-17)5-14(27-15)18(19,20)21/h5,8,10,12,22H,6-7,9H2,1-4H3/t10-,12-,17-/m0/s1. The lowest BCUT2D eigenvalue weighted by atomic mass is 9.73. The van der Waals surface area contributed by atoms with E-state index in [1.54, 1.807) is 11.7 Å². The smallest absolute Gasteiger partial charge is 0.368 e. The van der Waals surface area contributed by atoms with E-state index in [9.17, 15) is 13.2 Å². The summed E-state index contributed by atoms with van der Waals surface area (Å²) in [5.74, 6) is 0. The first kappa shape index (κ1) is 18.9. The Hall–Kier alpha value is -1.45. The Morgan fingerprint density at radius 2 is 2.07 bits per heavy atom. The fraction of sp³-hybridized carbons (Fsp3) is 0.667. The van der Waals surface area contributed by atoms with Crippen molar-refractivity contribution in [1.82, 2.24) is 20.3 Å². The summed E-state index contributed by atoms with van der Waals surface area (Å²) in [6.45, 7) is 6.31. The number of piperidine rings is 1. The van der Waals surface area contributed by atoms with Gasteiger partial charge >= 0.3 is 6.18 Å². The van der Waals surface area contributed by atoms with Gasteiger partial charge in [-0.1, -0.05) is 19.1 Å². The van der Waals surface area contributed by atoms with Crippen LogP contribution in [0, 0.1) is 0 Å². The second kappa shape index (κ2) is 6.02. The van der Waals surface area contributed by atoms with Crippen LogP contribution in [0.5, 0.6) is 0 Å². The van der Waals surface area contributed by atoms with Gasteiger partial charge in [0.25, 0.3) is 0 Å². The van der Waals surface area contributed by atoms with Crippen molar-refractivity contribution in [3.05, 3.63) is 33.3 Å². The number of fused-ring (bicyclic) bond motifs is 2. The highest BCUT2D eigenvalue weighted by atomic mass is 32.1. The minimum Gasteiger partial charge on any atom is -0.368 e. The number of halogens is 3. The number of hydrogen-bond acceptors (Lipinski definition) is 5. The van der Waals surface area contributed by atoms with Crippen molar-refractivity contribution in [2.45, 2.75) is 62.9 Å². The number of hydrogen-bond donors (Lipinski definition) is 1. The van der Waals surface area contributed by atoms with Gasteiger partial charge in [-0.15, -0.1) is 16.4 Å². The van der Waals surface area contributed by atoms with Gasteiger partial charge in [-0.2, -0.15) is 13.2 Å². The van der Waals surface area contributed by atoms with E-state index in [4.69, 9.17) is 4.74 Å². The van der Waals surface area contributed by atoms with Crippen LogP contribution in [0.3, 0.4) is 0 Å². The van der Waals surface area contributed by atoms with Gasteiger partial charge in [-0.3, -0.25) is 4.68 Å². The summed E-state index contributed by atoms with van der Waals surface area (Å²) in [6, 6.07) is 1.29. The monoisotopic (exact) mass is 400 g/mol. The van der Waals surface area contributed by atoms with Gasteiger partial charge in [-0.05, 0) is 25.0 Å². The molecule has 0 saturated carbocycles. The van der Waals surface area contributed by atoms with Crippen molar-refractivity contribution in [3.63, 3.8) is 0 Å². The summed E-state index contributed by atoms with van der Waals surface area (Å²) < 4.78 is 48.3. The number of alkyl halides is 3. The highest BCUT2D eigenvalue weighted by Gasteiger charge is 2.51. The molecule has 2 aromatic heterocycles. The van der Waals surface area contributed by atoms with Gasteiger partial charge in [-0.25, -0.2) is 0 Å². The molecule has 1 fully saturated rings. The van der Waals surface area contributed by atoms with Crippen LogP contribution in [0.4, 0.5) is 13.2 Å². The van der Waals surface area contributed by atoms with Crippen LogP contribution in [0.2, 0.25) is 0 Å². The van der Waals surface area contributed by atoms with Crippen LogP contribution in [-0.2, 0) is 29.0 Å². The average molecular weight is 400 g/mol. The lowest BCUT2D eigenvalue weighted by Gasteiger charge is -2.49. The first-order valence-electron chi connectivity index (χ1n) is 8.98. The lowest BCUT2D eigenvalue weighted by Crippen LogP contribution is -2.52. The SMILES string of the molecule is C[C@H]1C[C@@]2(C[C@@H](c3cn(C)nn3)N1)OCC(C)(C)c1cc(C(F)(F)F)sc12. The quantitative estimate of drug-likeness (QED) is 0.789. The Morgan fingerprint density at radius 1 is 1.33 bits per heavy atom. The second-order valence-corrected chi connectivity index (χ2v) is 9.42. The van der Waals surface area contributed by atoms with E-state index in [1.807, 2.05) is 27.0 Å². The fourth-order valence-corrected chi connectivity index (χ4v) is 5.59. The van der Waals surface area contributed by atoms with E-state index >= 15 is 0 Å². The summed E-state index contributed by atoms with van der Waals surface area (Å²) in [4.78, 5) is 0.168. The number of nitrogens with zero attached hydrogens (tertiary/aromatic N) is 3. The van der Waals surface area contributed by atoms with Gasteiger partial charge < -0.3 is 10.1 Å². The maximum absolute atomic E-state index is 13.4. The molecular formula is C18H23F3N4OS. The molecule has 5 nitrogen and oxygen atoms in total. The zero-order valence-corrected chi connectivity index (χ0v) is 16.5. The lowest BCUT2D eigenvalue weighted by molar-refractivity contribution is -0.134. The van der Waals surface area contributed by atoms with Crippen molar-refractivity contribution >= 4 is 11.3 Å². The Kier molecular flexibility index (Phi) is 4.21. The van der Waals surface area contributed by atoms with Gasteiger partial charge in [0.15, 0.2) is 0 Å². The summed E-state index contributed by atoms with van der Waals surface area (Å²) in [7, 11) is 1.80. The highest BCUT2D eigenvalue weighted by Crippen LogP contribution is 2.54. The third-order valence-electron chi connectivity index (χ3n) is 5.50. The predicted octanol–water partition coefficient (Wildman–Crippen LogP) is 3.91. The van der Waals surface area contributed by atoms with E-state index < -0.39 is 22.1 Å². The number of aryl methyl sites for hydroxylation is 1. The molecule has 1 spiro atoms. The molecule has 9 heteroatoms. The number of nitrogens with one attached hydrogen (secondary N) is 1. The van der Waals surface area contributed by atoms with Crippen LogP contribution in [0.1, 0.15) is 60.7 Å². The van der Waals surface area contributed by atoms with Crippen LogP contribution in [-0.4, -0.2) is 27.6 Å². The topological polar surface area (TPSA) is 52.0 Å². The van der Waals surface area contributed by atoms with E-state index in [0.717, 1.165) is 22.6 Å². The summed E-state index contributed by atoms with van der Waals surface area (Å²) in [5.41, 5.74) is 0.367. The zero-order chi connectivity index (χ0) is 19.6. The molecule has 148 valence electrons. The van der Waals surface area contributed by atoms with Gasteiger partial charge in [0.05, 0.1) is 18.3 Å². The summed E-state index contributed by atoms with van der Waals surface area (Å²) >= 11 is 0.835. The van der Waals surface area contributed by atoms with Crippen LogP contribution in [0.25, 0.3) is 0 Å². The molecule has 0 aliphatic carbocycles. The molecule has 1 saturated heterocycles. The van der Waals surface area contributed by atoms with Crippen LogP contribution in [0.15, 0.2) is 12.3 Å². The predicted molar refractivity (Wildman–Crippen MR) is 95.6 cm³/mol. The number of thiophene rings is 1. The second-order valence-electron chi connectivity index (χ2n) is 8.36. The normalized spacial score (nSPS) is 30.5. The molecule has 1 N–H and O–H groups in total. The Labute approximate surface area is 159 Å². The molecule has 0 aromatic carbocycles. The Bertz CT molecular complexity index is 859. The summed E-state index contributed by atoms with van der Waals surface area (Å²) in [5, 5.41) is 11.7. The van der Waals surface area contributed by atoms with Crippen LogP contribution < -0.4 is 5.32 Å². The van der Waals surface area contributed by atoms with E-state index in [-0.39, 0.29) is 12.1 Å². The molecule has 0 bridgehead atoms. The molecule has 0 amide bonds. The third kappa shape index (κ3) is 3.19. The minimum absolute atomic E-state index is 0.0799. The van der Waals surface area contributed by atoms with Crippen molar-refractivity contribution in [2.75, 3.05) is 6.61 Å². The van der Waals surface area contributed by atoms with Gasteiger partial charge in [0.1, 0.15) is 10.5 Å². The molecule has 4 heterocycles. The van der Waals surface area contributed by atoms with E-state index in [2.05, 4.69) is 15.6 Å². The van der Waals surface area contributed by atoms with E-state index in [0.29, 0.717) is 24.3 Å². The average Bonchev–Trinajstić information content (AvgIpc) is 3.18. The first-order chi connectivity index (χ1) is 12.5. The maximum atomic E-state index is 13.4. The van der Waals surface area contributed by atoms with Crippen molar-refractivity contribution in [3.8, 4) is 0 Å². The van der Waals surface area contributed by atoms with Crippen LogP contribution >= 0.6 is 11.3 Å².